The minimum atomic E-state index is 0.401. The van der Waals surface area contributed by atoms with Crippen LogP contribution >= 0.6 is 0 Å². The molecule has 0 bridgehead atoms. The summed E-state index contributed by atoms with van der Waals surface area (Å²) >= 11 is 0. The molecule has 3 rings (SSSR count). The first-order valence-electron chi connectivity index (χ1n) is 7.24. The zero-order chi connectivity index (χ0) is 14.1. The Morgan fingerprint density at radius 1 is 0.650 bits per heavy atom. The van der Waals surface area contributed by atoms with Gasteiger partial charge in [0.25, 0.3) is 0 Å². The Kier molecular flexibility index (Phi) is 3.60. The number of benzene rings is 2. The van der Waals surface area contributed by atoms with Crippen molar-refractivity contribution in [1.29, 1.82) is 0 Å². The average Bonchev–Trinajstić information content (AvgIpc) is 2.73. The van der Waals surface area contributed by atoms with Gasteiger partial charge < -0.3 is 0 Å². The van der Waals surface area contributed by atoms with E-state index in [0.29, 0.717) is 18.2 Å². The molecule has 2 aromatic carbocycles. The summed E-state index contributed by atoms with van der Waals surface area (Å²) in [4.78, 5) is 4.93. The molecule has 1 aliphatic heterocycles. The van der Waals surface area contributed by atoms with Gasteiger partial charge in [0.2, 0.25) is 0 Å². The fraction of sp³-hybridized carbons (Fsp3) is 0.333. The van der Waals surface area contributed by atoms with Crippen LogP contribution in [0.15, 0.2) is 60.7 Å². The van der Waals surface area contributed by atoms with Crippen LogP contribution in [0.5, 0.6) is 0 Å². The van der Waals surface area contributed by atoms with Crippen molar-refractivity contribution >= 4 is 0 Å². The number of hydrogen-bond donors (Lipinski definition) is 0. The molecule has 0 aromatic heterocycles. The SMILES string of the molecule is CC1N(C)C(c2ccccc2)C(c2ccccc2)N1C. The fourth-order valence-corrected chi connectivity index (χ4v) is 3.33. The van der Waals surface area contributed by atoms with Gasteiger partial charge in [0.1, 0.15) is 0 Å². The summed E-state index contributed by atoms with van der Waals surface area (Å²) in [7, 11) is 4.45. The van der Waals surface area contributed by atoms with E-state index in [-0.39, 0.29) is 0 Å². The van der Waals surface area contributed by atoms with Gasteiger partial charge in [-0.3, -0.25) is 9.80 Å². The molecule has 1 fully saturated rings. The second-order valence-corrected chi connectivity index (χ2v) is 5.67. The minimum Gasteiger partial charge on any atom is -0.282 e. The van der Waals surface area contributed by atoms with E-state index in [9.17, 15) is 0 Å². The summed E-state index contributed by atoms with van der Waals surface area (Å²) in [5.41, 5.74) is 2.78. The van der Waals surface area contributed by atoms with Gasteiger partial charge in [-0.1, -0.05) is 60.7 Å². The summed E-state index contributed by atoms with van der Waals surface area (Å²) in [5, 5.41) is 0. The number of nitrogens with zero attached hydrogens (tertiary/aromatic N) is 2. The molecule has 20 heavy (non-hydrogen) atoms. The van der Waals surface area contributed by atoms with Crippen LogP contribution in [0.1, 0.15) is 30.1 Å². The van der Waals surface area contributed by atoms with Crippen molar-refractivity contribution < 1.29 is 0 Å². The molecule has 2 unspecified atom stereocenters. The van der Waals surface area contributed by atoms with Gasteiger partial charge in [-0.2, -0.15) is 0 Å². The molecule has 1 aliphatic rings. The lowest BCUT2D eigenvalue weighted by atomic mass is 9.93. The lowest BCUT2D eigenvalue weighted by Gasteiger charge is -2.26. The first-order chi connectivity index (χ1) is 9.70. The van der Waals surface area contributed by atoms with Gasteiger partial charge in [-0.05, 0) is 32.1 Å². The van der Waals surface area contributed by atoms with E-state index in [1.807, 2.05) is 0 Å². The van der Waals surface area contributed by atoms with Gasteiger partial charge >= 0.3 is 0 Å². The van der Waals surface area contributed by atoms with Crippen LogP contribution in [0.4, 0.5) is 0 Å². The summed E-state index contributed by atoms with van der Waals surface area (Å²) in [6.45, 7) is 2.28. The third kappa shape index (κ3) is 2.15. The zero-order valence-corrected chi connectivity index (χ0v) is 12.4. The Balaban J connectivity index is 2.05. The van der Waals surface area contributed by atoms with E-state index in [0.717, 1.165) is 0 Å². The van der Waals surface area contributed by atoms with Crippen molar-refractivity contribution in [3.05, 3.63) is 71.8 Å². The van der Waals surface area contributed by atoms with Crippen LogP contribution in [0.3, 0.4) is 0 Å². The Labute approximate surface area is 121 Å². The standard InChI is InChI=1S/C18H22N2/c1-14-19(2)17(15-10-6-4-7-11-15)18(20(14)3)16-12-8-5-9-13-16/h4-14,17-18H,1-3H3. The molecule has 0 N–H and O–H groups in total. The molecule has 0 amide bonds. The second kappa shape index (κ2) is 5.39. The first-order valence-corrected chi connectivity index (χ1v) is 7.24. The van der Waals surface area contributed by atoms with E-state index >= 15 is 0 Å². The molecule has 2 atom stereocenters. The van der Waals surface area contributed by atoms with E-state index < -0.39 is 0 Å². The van der Waals surface area contributed by atoms with Gasteiger partial charge in [-0.15, -0.1) is 0 Å². The maximum absolute atomic E-state index is 2.47. The third-order valence-electron chi connectivity index (χ3n) is 4.64. The molecule has 1 saturated heterocycles. The van der Waals surface area contributed by atoms with Crippen LogP contribution < -0.4 is 0 Å². The third-order valence-corrected chi connectivity index (χ3v) is 4.64. The number of likely N-dealkylation sites (N-methyl/N-ethyl adjacent to an activating group) is 2. The molecule has 2 aromatic rings. The summed E-state index contributed by atoms with van der Waals surface area (Å²) in [6.07, 6.45) is 0.436. The number of rotatable bonds is 2. The molecule has 0 radical (unpaired) electrons. The van der Waals surface area contributed by atoms with Crippen LogP contribution in [-0.2, 0) is 0 Å². The Hall–Kier alpha value is -1.64. The van der Waals surface area contributed by atoms with E-state index in [2.05, 4.69) is 91.5 Å². The Morgan fingerprint density at radius 2 is 1.00 bits per heavy atom. The van der Waals surface area contributed by atoms with Crippen LogP contribution in [0.2, 0.25) is 0 Å². The van der Waals surface area contributed by atoms with Crippen molar-refractivity contribution in [1.82, 2.24) is 9.80 Å². The zero-order valence-electron chi connectivity index (χ0n) is 12.4. The van der Waals surface area contributed by atoms with Crippen molar-refractivity contribution in [3.8, 4) is 0 Å². The molecule has 2 nitrogen and oxygen atoms in total. The van der Waals surface area contributed by atoms with Gasteiger partial charge in [0, 0.05) is 0 Å². The highest BCUT2D eigenvalue weighted by Crippen LogP contribution is 2.44. The maximum atomic E-state index is 2.47. The van der Waals surface area contributed by atoms with Crippen LogP contribution in [0, 0.1) is 0 Å². The lowest BCUT2D eigenvalue weighted by molar-refractivity contribution is 0.181. The van der Waals surface area contributed by atoms with E-state index in [1.165, 1.54) is 11.1 Å². The predicted molar refractivity (Wildman–Crippen MR) is 83.4 cm³/mol. The summed E-state index contributed by atoms with van der Waals surface area (Å²) < 4.78 is 0. The molecule has 0 aliphatic carbocycles. The van der Waals surface area contributed by atoms with Crippen molar-refractivity contribution in [2.45, 2.75) is 25.2 Å². The minimum absolute atomic E-state index is 0.401. The molecule has 0 saturated carbocycles. The van der Waals surface area contributed by atoms with Crippen molar-refractivity contribution in [3.63, 3.8) is 0 Å². The van der Waals surface area contributed by atoms with Crippen LogP contribution in [0.25, 0.3) is 0 Å². The summed E-state index contributed by atoms with van der Waals surface area (Å²) in [6, 6.07) is 22.5. The molecular formula is C18H22N2. The molecule has 2 heteroatoms. The highest BCUT2D eigenvalue weighted by atomic mass is 15.4. The first kappa shape index (κ1) is 13.3. The van der Waals surface area contributed by atoms with E-state index in [4.69, 9.17) is 0 Å². The highest BCUT2D eigenvalue weighted by Gasteiger charge is 2.42. The maximum Gasteiger partial charge on any atom is 0.0600 e. The second-order valence-electron chi connectivity index (χ2n) is 5.67. The topological polar surface area (TPSA) is 6.48 Å². The van der Waals surface area contributed by atoms with Gasteiger partial charge in [0.05, 0.1) is 18.2 Å². The smallest absolute Gasteiger partial charge is 0.0600 e. The van der Waals surface area contributed by atoms with Gasteiger partial charge in [-0.25, -0.2) is 0 Å². The Bertz CT molecular complexity index is 501. The average molecular weight is 266 g/mol. The molecular weight excluding hydrogens is 244 g/mol. The monoisotopic (exact) mass is 266 g/mol. The van der Waals surface area contributed by atoms with E-state index in [1.54, 1.807) is 0 Å². The quantitative estimate of drug-likeness (QED) is 0.818. The normalized spacial score (nSPS) is 27.9. The predicted octanol–water partition coefficient (Wildman–Crippen LogP) is 3.69. The molecule has 104 valence electrons. The van der Waals surface area contributed by atoms with Crippen LogP contribution in [-0.4, -0.2) is 30.1 Å². The lowest BCUT2D eigenvalue weighted by Crippen LogP contribution is -2.31. The van der Waals surface area contributed by atoms with Gasteiger partial charge in [0.15, 0.2) is 0 Å². The van der Waals surface area contributed by atoms with Crippen molar-refractivity contribution in [2.75, 3.05) is 14.1 Å². The largest absolute Gasteiger partial charge is 0.282 e. The summed E-state index contributed by atoms with van der Waals surface area (Å²) in [5.74, 6) is 0. The van der Waals surface area contributed by atoms with Crippen molar-refractivity contribution in [2.24, 2.45) is 0 Å². The highest BCUT2D eigenvalue weighted by molar-refractivity contribution is 5.29. The molecule has 1 heterocycles. The molecule has 0 spiro atoms. The Morgan fingerprint density at radius 3 is 1.35 bits per heavy atom. The number of hydrogen-bond acceptors (Lipinski definition) is 2. The fourth-order valence-electron chi connectivity index (χ4n) is 3.33.